The third-order valence-electron chi connectivity index (χ3n) is 2.89. The lowest BCUT2D eigenvalue weighted by atomic mass is 10.1. The zero-order valence-electron chi connectivity index (χ0n) is 10.1. The van der Waals surface area contributed by atoms with Crippen molar-refractivity contribution in [1.29, 1.82) is 0 Å². The molecule has 0 unspecified atom stereocenters. The van der Waals surface area contributed by atoms with E-state index in [2.05, 4.69) is 17.3 Å². The highest BCUT2D eigenvalue weighted by molar-refractivity contribution is 5.75. The normalized spacial score (nSPS) is 10.5. The van der Waals surface area contributed by atoms with E-state index in [1.807, 2.05) is 55.6 Å². The van der Waals surface area contributed by atoms with Gasteiger partial charge in [0.15, 0.2) is 5.16 Å². The van der Waals surface area contributed by atoms with E-state index in [0.29, 0.717) is 0 Å². The van der Waals surface area contributed by atoms with E-state index < -0.39 is 0 Å². The quantitative estimate of drug-likeness (QED) is 0.641. The monoisotopic (exact) mass is 237 g/mol. The molecule has 2 aromatic carbocycles. The Labute approximate surface area is 105 Å². The first-order valence-corrected chi connectivity index (χ1v) is 5.83. The van der Waals surface area contributed by atoms with Crippen molar-refractivity contribution in [2.45, 2.75) is 0 Å². The highest BCUT2D eigenvalue weighted by Gasteiger charge is 2.24. The molecule has 1 heterocycles. The van der Waals surface area contributed by atoms with Crippen molar-refractivity contribution in [3.05, 3.63) is 60.7 Å². The lowest BCUT2D eigenvalue weighted by Crippen LogP contribution is -2.27. The highest BCUT2D eigenvalue weighted by Crippen LogP contribution is 2.27. The number of nitrogens with zero attached hydrogens (tertiary/aromatic N) is 2. The third-order valence-corrected chi connectivity index (χ3v) is 2.89. The molecule has 3 heteroatoms. The van der Waals surface area contributed by atoms with Crippen LogP contribution >= 0.6 is 0 Å². The van der Waals surface area contributed by atoms with Crippen LogP contribution < -0.4 is 4.74 Å². The van der Waals surface area contributed by atoms with Gasteiger partial charge in [-0.25, -0.2) is 0 Å². The summed E-state index contributed by atoms with van der Waals surface area (Å²) in [5, 5.41) is 4.15. The van der Waals surface area contributed by atoms with Gasteiger partial charge in [-0.05, 0) is 0 Å². The van der Waals surface area contributed by atoms with Crippen LogP contribution in [0.1, 0.15) is 0 Å². The van der Waals surface area contributed by atoms with Gasteiger partial charge in [0.1, 0.15) is 7.05 Å². The lowest BCUT2D eigenvalue weighted by Gasteiger charge is -1.96. The van der Waals surface area contributed by atoms with E-state index in [9.17, 15) is 0 Å². The molecule has 0 radical (unpaired) electrons. The van der Waals surface area contributed by atoms with Crippen molar-refractivity contribution in [3.63, 3.8) is 0 Å². The summed E-state index contributed by atoms with van der Waals surface area (Å²) in [6.07, 6.45) is 0. The van der Waals surface area contributed by atoms with Crippen LogP contribution in [0, 0.1) is 0 Å². The van der Waals surface area contributed by atoms with Gasteiger partial charge in [0, 0.05) is 11.1 Å². The molecule has 3 aromatic rings. The Kier molecular flexibility index (Phi) is 2.65. The van der Waals surface area contributed by atoms with Crippen LogP contribution in [0.15, 0.2) is 65.3 Å². The summed E-state index contributed by atoms with van der Waals surface area (Å²) in [4.78, 5) is 0. The van der Waals surface area contributed by atoms with Crippen LogP contribution in [0.3, 0.4) is 0 Å². The third kappa shape index (κ3) is 1.80. The Morgan fingerprint density at radius 2 is 1.39 bits per heavy atom. The lowest BCUT2D eigenvalue weighted by molar-refractivity contribution is -0.845. The molecule has 0 saturated heterocycles. The van der Waals surface area contributed by atoms with Crippen LogP contribution in [0.2, 0.25) is 0 Å². The standard InChI is InChI=1S/C15H13N2O/c1-17-15(13-10-6-3-7-11-13)14(16-18-17)12-8-4-2-5-9-12/h2-11H,1H3/q+1. The fraction of sp³-hybridized carbons (Fsp3) is 0.0667. The summed E-state index contributed by atoms with van der Waals surface area (Å²) < 4.78 is 6.96. The van der Waals surface area contributed by atoms with Crippen molar-refractivity contribution >= 4 is 0 Å². The summed E-state index contributed by atoms with van der Waals surface area (Å²) in [5.41, 5.74) is 4.01. The number of rotatable bonds is 2. The molecule has 0 aliphatic rings. The number of hydrogen-bond acceptors (Lipinski definition) is 2. The average molecular weight is 237 g/mol. The molecule has 88 valence electrons. The molecule has 1 aromatic heterocycles. The van der Waals surface area contributed by atoms with Crippen molar-refractivity contribution < 1.29 is 9.37 Å². The fourth-order valence-electron chi connectivity index (χ4n) is 2.04. The molecular formula is C15H13N2O+. The van der Waals surface area contributed by atoms with Crippen LogP contribution in [-0.4, -0.2) is 5.16 Å². The fourth-order valence-corrected chi connectivity index (χ4v) is 2.04. The molecule has 0 bridgehead atoms. The Morgan fingerprint density at radius 1 is 0.833 bits per heavy atom. The molecule has 0 aliphatic carbocycles. The molecule has 0 N–H and O–H groups in total. The predicted octanol–water partition coefficient (Wildman–Crippen LogP) is 2.83. The van der Waals surface area contributed by atoms with Gasteiger partial charge in [0.05, 0.1) is 0 Å². The van der Waals surface area contributed by atoms with Crippen LogP contribution in [0.5, 0.6) is 0 Å². The van der Waals surface area contributed by atoms with Gasteiger partial charge in [-0.2, -0.15) is 0 Å². The Hall–Kier alpha value is -2.42. The highest BCUT2D eigenvalue weighted by atomic mass is 16.6. The van der Waals surface area contributed by atoms with E-state index in [4.69, 9.17) is 4.63 Å². The second kappa shape index (κ2) is 4.45. The Bertz CT molecular complexity index is 645. The number of aryl methyl sites for hydroxylation is 1. The number of benzene rings is 2. The number of aromatic nitrogens is 2. The summed E-state index contributed by atoms with van der Waals surface area (Å²) >= 11 is 0. The summed E-state index contributed by atoms with van der Waals surface area (Å²) in [6.45, 7) is 0. The number of hydrogen-bond donors (Lipinski definition) is 0. The Balaban J connectivity index is 2.19. The molecule has 0 fully saturated rings. The van der Waals surface area contributed by atoms with Gasteiger partial charge < -0.3 is 0 Å². The van der Waals surface area contributed by atoms with E-state index in [1.54, 1.807) is 4.74 Å². The van der Waals surface area contributed by atoms with Crippen molar-refractivity contribution in [3.8, 4) is 22.5 Å². The minimum absolute atomic E-state index is 0.865. The second-order valence-corrected chi connectivity index (χ2v) is 4.10. The zero-order chi connectivity index (χ0) is 12.4. The first-order valence-electron chi connectivity index (χ1n) is 5.83. The van der Waals surface area contributed by atoms with Crippen LogP contribution in [0.25, 0.3) is 22.5 Å². The van der Waals surface area contributed by atoms with E-state index >= 15 is 0 Å². The molecule has 0 aliphatic heterocycles. The van der Waals surface area contributed by atoms with Gasteiger partial charge in [-0.1, -0.05) is 70.0 Å². The van der Waals surface area contributed by atoms with E-state index in [-0.39, 0.29) is 0 Å². The van der Waals surface area contributed by atoms with Gasteiger partial charge in [-0.15, -0.1) is 0 Å². The SMILES string of the molecule is C[n+]1onc(-c2ccccc2)c1-c1ccccc1. The second-order valence-electron chi connectivity index (χ2n) is 4.10. The maximum atomic E-state index is 5.27. The molecule has 0 atom stereocenters. The van der Waals surface area contributed by atoms with Crippen LogP contribution in [0.4, 0.5) is 0 Å². The summed E-state index contributed by atoms with van der Waals surface area (Å²) in [7, 11) is 1.86. The maximum absolute atomic E-state index is 5.27. The predicted molar refractivity (Wildman–Crippen MR) is 68.6 cm³/mol. The molecule has 3 nitrogen and oxygen atoms in total. The van der Waals surface area contributed by atoms with Crippen molar-refractivity contribution in [2.75, 3.05) is 0 Å². The molecule has 3 rings (SSSR count). The van der Waals surface area contributed by atoms with Gasteiger partial charge in [0.25, 0.3) is 5.69 Å². The molecule has 0 saturated carbocycles. The minimum atomic E-state index is 0.865. The van der Waals surface area contributed by atoms with Gasteiger partial charge >= 0.3 is 0 Å². The first kappa shape index (κ1) is 10.7. The minimum Gasteiger partial charge on any atom is -0.0843 e. The first-order chi connectivity index (χ1) is 8.86. The maximum Gasteiger partial charge on any atom is 0.281 e. The largest absolute Gasteiger partial charge is 0.281 e. The van der Waals surface area contributed by atoms with E-state index in [0.717, 1.165) is 22.5 Å². The topological polar surface area (TPSA) is 29.9 Å². The zero-order valence-corrected chi connectivity index (χ0v) is 10.1. The van der Waals surface area contributed by atoms with E-state index in [1.165, 1.54) is 0 Å². The molecule has 0 spiro atoms. The Morgan fingerprint density at radius 3 is 2.00 bits per heavy atom. The smallest absolute Gasteiger partial charge is 0.0843 e. The van der Waals surface area contributed by atoms with Gasteiger partial charge in [0.2, 0.25) is 5.69 Å². The van der Waals surface area contributed by atoms with Crippen LogP contribution in [-0.2, 0) is 7.05 Å². The molecule has 18 heavy (non-hydrogen) atoms. The van der Waals surface area contributed by atoms with Crippen molar-refractivity contribution in [2.24, 2.45) is 7.05 Å². The summed E-state index contributed by atoms with van der Waals surface area (Å²) in [6, 6.07) is 20.2. The molecular weight excluding hydrogens is 224 g/mol. The average Bonchev–Trinajstić information content (AvgIpc) is 2.83. The van der Waals surface area contributed by atoms with Gasteiger partial charge in [-0.3, -0.25) is 0 Å². The van der Waals surface area contributed by atoms with Crippen molar-refractivity contribution in [1.82, 2.24) is 5.16 Å². The molecule has 0 amide bonds. The summed E-state index contributed by atoms with van der Waals surface area (Å²) in [5.74, 6) is 0.